The summed E-state index contributed by atoms with van der Waals surface area (Å²) < 4.78 is 3.98. The smallest absolute Gasteiger partial charge is 0.197 e. The number of hydrogen-bond acceptors (Lipinski definition) is 2. The summed E-state index contributed by atoms with van der Waals surface area (Å²) >= 11 is 0. The highest BCUT2D eigenvalue weighted by Crippen LogP contribution is 2.24. The number of imidazole rings is 1. The monoisotopic (exact) mass is 322 g/mol. The fourth-order valence-electron chi connectivity index (χ4n) is 2.67. The van der Waals surface area contributed by atoms with E-state index in [4.69, 9.17) is 4.98 Å². The maximum Gasteiger partial charge on any atom is 0.197 e. The van der Waals surface area contributed by atoms with Crippen molar-refractivity contribution in [2.75, 3.05) is 0 Å². The molecule has 0 N–H and O–H groups in total. The molecule has 0 unspecified atom stereocenters. The van der Waals surface area contributed by atoms with Crippen molar-refractivity contribution in [1.82, 2.24) is 14.5 Å². The highest BCUT2D eigenvalue weighted by molar-refractivity contribution is 5.66. The SMILES string of the molecule is Cn1[c-][n+](-c2cccc(C(C)(C)C)c2)c2nc(C(C)(C)C)ncc21. The standard InChI is InChI=1S/C20H26N4/c1-19(2,3)14-9-8-10-15(11-14)24-13-23(7)16-12-21-18(20(4,5)6)22-17(16)24/h8-12H,1-7H3. The van der Waals surface area contributed by atoms with E-state index in [9.17, 15) is 0 Å². The minimum Gasteiger partial charge on any atom is -0.346 e. The number of fused-ring (bicyclic) bond motifs is 1. The van der Waals surface area contributed by atoms with Gasteiger partial charge in [0.25, 0.3) is 0 Å². The molecule has 0 amide bonds. The van der Waals surface area contributed by atoms with Crippen molar-refractivity contribution in [2.24, 2.45) is 7.05 Å². The Kier molecular flexibility index (Phi) is 3.74. The molecule has 3 aromatic rings. The third-order valence-electron chi connectivity index (χ3n) is 4.21. The van der Waals surface area contributed by atoms with Crippen molar-refractivity contribution >= 4 is 11.2 Å². The summed E-state index contributed by atoms with van der Waals surface area (Å²) in [5, 5.41) is 0. The maximum absolute atomic E-state index is 4.84. The first kappa shape index (κ1) is 16.6. The van der Waals surface area contributed by atoms with E-state index in [-0.39, 0.29) is 10.8 Å². The second-order valence-corrected chi connectivity index (χ2v) is 8.45. The lowest BCUT2D eigenvalue weighted by atomic mass is 9.87. The first-order valence-corrected chi connectivity index (χ1v) is 8.35. The summed E-state index contributed by atoms with van der Waals surface area (Å²) in [6.07, 6.45) is 5.25. The van der Waals surface area contributed by atoms with Gasteiger partial charge in [0, 0.05) is 24.3 Å². The van der Waals surface area contributed by atoms with Crippen LogP contribution in [0.4, 0.5) is 0 Å². The molecule has 4 heteroatoms. The summed E-state index contributed by atoms with van der Waals surface area (Å²) in [4.78, 5) is 9.37. The normalized spacial score (nSPS) is 12.8. The lowest BCUT2D eigenvalue weighted by molar-refractivity contribution is -0.575. The zero-order valence-corrected chi connectivity index (χ0v) is 15.7. The predicted octanol–water partition coefficient (Wildman–Crippen LogP) is 3.64. The minimum atomic E-state index is -0.0882. The van der Waals surface area contributed by atoms with Crippen molar-refractivity contribution in [2.45, 2.75) is 52.4 Å². The van der Waals surface area contributed by atoms with Gasteiger partial charge < -0.3 is 9.13 Å². The van der Waals surface area contributed by atoms with Crippen molar-refractivity contribution in [3.8, 4) is 5.69 Å². The van der Waals surface area contributed by atoms with E-state index in [1.165, 1.54) is 5.56 Å². The van der Waals surface area contributed by atoms with Crippen LogP contribution in [0.3, 0.4) is 0 Å². The summed E-state index contributed by atoms with van der Waals surface area (Å²) in [5.41, 5.74) is 4.25. The van der Waals surface area contributed by atoms with Crippen LogP contribution in [-0.2, 0) is 17.9 Å². The van der Waals surface area contributed by atoms with E-state index in [2.05, 4.69) is 77.1 Å². The molecule has 3 rings (SSSR count). The molecule has 2 aromatic heterocycles. The van der Waals surface area contributed by atoms with Crippen LogP contribution in [0, 0.1) is 6.33 Å². The quantitative estimate of drug-likeness (QED) is 0.506. The molecule has 4 nitrogen and oxygen atoms in total. The Bertz CT molecular complexity index is 892. The molecule has 0 atom stereocenters. The molecule has 0 spiro atoms. The Morgan fingerprint density at radius 3 is 2.38 bits per heavy atom. The number of rotatable bonds is 1. The second kappa shape index (κ2) is 5.40. The Labute approximate surface area is 144 Å². The minimum absolute atomic E-state index is 0.0882. The van der Waals surface area contributed by atoms with Crippen LogP contribution in [0.25, 0.3) is 16.9 Å². The van der Waals surface area contributed by atoms with Gasteiger partial charge in [0.1, 0.15) is 0 Å². The van der Waals surface area contributed by atoms with Crippen LogP contribution in [0.15, 0.2) is 30.5 Å². The lowest BCUT2D eigenvalue weighted by Gasteiger charge is -2.20. The van der Waals surface area contributed by atoms with Gasteiger partial charge in [0.2, 0.25) is 0 Å². The molecule has 0 aliphatic carbocycles. The van der Waals surface area contributed by atoms with E-state index in [1.807, 2.05) is 22.4 Å². The fraction of sp³-hybridized carbons (Fsp3) is 0.450. The zero-order valence-electron chi connectivity index (χ0n) is 15.7. The average Bonchev–Trinajstić information content (AvgIpc) is 2.82. The molecular weight excluding hydrogens is 296 g/mol. The van der Waals surface area contributed by atoms with Gasteiger partial charge in [0.05, 0.1) is 5.52 Å². The van der Waals surface area contributed by atoms with Gasteiger partial charge in [-0.1, -0.05) is 65.8 Å². The summed E-state index contributed by atoms with van der Waals surface area (Å²) in [6.45, 7) is 13.1. The van der Waals surface area contributed by atoms with Gasteiger partial charge in [-0.2, -0.15) is 0 Å². The Balaban J connectivity index is 2.23. The van der Waals surface area contributed by atoms with Crippen LogP contribution in [0.1, 0.15) is 52.9 Å². The number of nitrogens with zero attached hydrogens (tertiary/aromatic N) is 4. The molecule has 126 valence electrons. The van der Waals surface area contributed by atoms with Crippen molar-refractivity contribution in [3.63, 3.8) is 0 Å². The van der Waals surface area contributed by atoms with Gasteiger partial charge in [-0.25, -0.2) is 4.98 Å². The Morgan fingerprint density at radius 2 is 1.75 bits per heavy atom. The number of aromatic nitrogens is 4. The topological polar surface area (TPSA) is 34.6 Å². The third-order valence-corrected chi connectivity index (χ3v) is 4.21. The van der Waals surface area contributed by atoms with Gasteiger partial charge in [-0.3, -0.25) is 0 Å². The summed E-state index contributed by atoms with van der Waals surface area (Å²) in [7, 11) is 1.98. The van der Waals surface area contributed by atoms with E-state index in [0.29, 0.717) is 0 Å². The molecule has 0 radical (unpaired) electrons. The van der Waals surface area contributed by atoms with Gasteiger partial charge >= 0.3 is 0 Å². The largest absolute Gasteiger partial charge is 0.346 e. The molecular formula is C20H26N4. The van der Waals surface area contributed by atoms with Crippen LogP contribution in [0.5, 0.6) is 0 Å². The van der Waals surface area contributed by atoms with E-state index >= 15 is 0 Å². The van der Waals surface area contributed by atoms with E-state index in [0.717, 1.165) is 22.7 Å². The molecule has 0 aliphatic heterocycles. The molecule has 1 aromatic carbocycles. The number of aryl methyl sites for hydroxylation is 1. The van der Waals surface area contributed by atoms with Gasteiger partial charge in [0.15, 0.2) is 17.8 Å². The molecule has 24 heavy (non-hydrogen) atoms. The second-order valence-electron chi connectivity index (χ2n) is 8.45. The molecule has 0 saturated heterocycles. The number of hydrogen-bond donors (Lipinski definition) is 0. The summed E-state index contributed by atoms with van der Waals surface area (Å²) in [5.74, 6) is 0.843. The Hall–Kier alpha value is -2.23. The zero-order chi connectivity index (χ0) is 17.7. The predicted molar refractivity (Wildman–Crippen MR) is 96.3 cm³/mol. The lowest BCUT2D eigenvalue weighted by Crippen LogP contribution is -2.31. The van der Waals surface area contributed by atoms with Crippen molar-refractivity contribution < 1.29 is 4.57 Å². The van der Waals surface area contributed by atoms with Crippen LogP contribution < -0.4 is 4.57 Å². The van der Waals surface area contributed by atoms with Crippen molar-refractivity contribution in [1.29, 1.82) is 0 Å². The van der Waals surface area contributed by atoms with Crippen LogP contribution >= 0.6 is 0 Å². The fourth-order valence-corrected chi connectivity index (χ4v) is 2.67. The van der Waals surface area contributed by atoms with Crippen LogP contribution in [0.2, 0.25) is 0 Å². The van der Waals surface area contributed by atoms with Gasteiger partial charge in [-0.15, -0.1) is 4.98 Å². The van der Waals surface area contributed by atoms with Crippen molar-refractivity contribution in [3.05, 3.63) is 48.2 Å². The molecule has 0 saturated carbocycles. The molecule has 0 fully saturated rings. The van der Waals surface area contributed by atoms with E-state index < -0.39 is 0 Å². The highest BCUT2D eigenvalue weighted by atomic mass is 15.2. The molecule has 0 aliphatic rings. The first-order chi connectivity index (χ1) is 11.1. The third kappa shape index (κ3) is 2.93. The highest BCUT2D eigenvalue weighted by Gasteiger charge is 2.22. The van der Waals surface area contributed by atoms with Crippen LogP contribution in [-0.4, -0.2) is 14.5 Å². The van der Waals surface area contributed by atoms with Gasteiger partial charge in [-0.05, 0) is 11.0 Å². The maximum atomic E-state index is 4.84. The number of benzene rings is 1. The first-order valence-electron chi connectivity index (χ1n) is 8.35. The molecule has 2 heterocycles. The Morgan fingerprint density at radius 1 is 1.04 bits per heavy atom. The van der Waals surface area contributed by atoms with E-state index in [1.54, 1.807) is 0 Å². The summed E-state index contributed by atoms with van der Waals surface area (Å²) in [6, 6.07) is 8.59. The molecule has 0 bridgehead atoms. The average molecular weight is 322 g/mol.